The Balaban J connectivity index is 1.64. The van der Waals surface area contributed by atoms with Crippen LogP contribution in [0.3, 0.4) is 0 Å². The van der Waals surface area contributed by atoms with Crippen molar-refractivity contribution >= 4 is 22.6 Å². The van der Waals surface area contributed by atoms with Gasteiger partial charge >= 0.3 is 0 Å². The van der Waals surface area contributed by atoms with Gasteiger partial charge in [0.05, 0.1) is 5.52 Å². The zero-order valence-corrected chi connectivity index (χ0v) is 12.2. The molecule has 1 heterocycles. The number of fused-ring (bicyclic) bond motifs is 1. The van der Waals surface area contributed by atoms with Crippen molar-refractivity contribution in [1.29, 1.82) is 0 Å². The molecular weight excluding hydrogens is 274 g/mol. The van der Waals surface area contributed by atoms with Crippen LogP contribution < -0.4 is 5.32 Å². The van der Waals surface area contributed by atoms with Crippen molar-refractivity contribution in [3.05, 3.63) is 48.5 Å². The van der Waals surface area contributed by atoms with Crippen LogP contribution in [0.15, 0.2) is 48.5 Å². The summed E-state index contributed by atoms with van der Waals surface area (Å²) in [6.45, 7) is 0. The Morgan fingerprint density at radius 3 is 2.64 bits per heavy atom. The fraction of sp³-hybridized carbons (Fsp3) is 0.222. The number of nitrogens with zero attached hydrogens (tertiary/aromatic N) is 1. The summed E-state index contributed by atoms with van der Waals surface area (Å²) in [5.74, 6) is 0.883. The number of benzene rings is 2. The molecule has 22 heavy (non-hydrogen) atoms. The first-order valence-corrected chi connectivity index (χ1v) is 7.66. The normalized spacial score (nSPS) is 14.7. The zero-order chi connectivity index (χ0) is 14.9. The summed E-state index contributed by atoms with van der Waals surface area (Å²) in [6, 6.07) is 16.4. The maximum atomic E-state index is 12.1. The number of carbonyl (C=O) groups excluding carboxylic acids is 1. The SMILES string of the molecule is O=C(Nc1n[nH]c2cc(-c3ccccc3)ccc12)C1CCC1. The van der Waals surface area contributed by atoms with Gasteiger partial charge in [0, 0.05) is 11.3 Å². The molecule has 0 aliphatic heterocycles. The molecule has 1 aliphatic carbocycles. The molecule has 0 unspecified atom stereocenters. The number of nitrogens with one attached hydrogen (secondary N) is 2. The number of carbonyl (C=O) groups is 1. The van der Waals surface area contributed by atoms with Gasteiger partial charge in [0.15, 0.2) is 5.82 Å². The molecule has 4 heteroatoms. The van der Waals surface area contributed by atoms with Crippen molar-refractivity contribution in [3.63, 3.8) is 0 Å². The average molecular weight is 291 g/mol. The van der Waals surface area contributed by atoms with Gasteiger partial charge in [-0.1, -0.05) is 42.8 Å². The van der Waals surface area contributed by atoms with Crippen LogP contribution in [0.25, 0.3) is 22.0 Å². The lowest BCUT2D eigenvalue weighted by atomic mass is 9.85. The van der Waals surface area contributed by atoms with Crippen LogP contribution >= 0.6 is 0 Å². The van der Waals surface area contributed by atoms with E-state index in [0.29, 0.717) is 5.82 Å². The maximum absolute atomic E-state index is 12.1. The van der Waals surface area contributed by atoms with Crippen LogP contribution in [0.5, 0.6) is 0 Å². The lowest BCUT2D eigenvalue weighted by Gasteiger charge is -2.23. The molecule has 3 aromatic rings. The third kappa shape index (κ3) is 2.26. The van der Waals surface area contributed by atoms with Crippen LogP contribution in [0.1, 0.15) is 19.3 Å². The summed E-state index contributed by atoms with van der Waals surface area (Å²) >= 11 is 0. The first-order valence-electron chi connectivity index (χ1n) is 7.66. The number of aromatic nitrogens is 2. The van der Waals surface area contributed by atoms with Gasteiger partial charge in [-0.05, 0) is 36.1 Å². The molecule has 1 fully saturated rings. The predicted molar refractivity (Wildman–Crippen MR) is 87.5 cm³/mol. The summed E-state index contributed by atoms with van der Waals surface area (Å²) < 4.78 is 0. The minimum atomic E-state index is 0.0896. The third-order valence-electron chi connectivity index (χ3n) is 4.39. The number of anilines is 1. The second-order valence-corrected chi connectivity index (χ2v) is 5.82. The van der Waals surface area contributed by atoms with E-state index in [0.717, 1.165) is 35.7 Å². The van der Waals surface area contributed by atoms with E-state index < -0.39 is 0 Å². The summed E-state index contributed by atoms with van der Waals surface area (Å²) in [5.41, 5.74) is 3.23. The highest BCUT2D eigenvalue weighted by Crippen LogP contribution is 2.30. The molecule has 1 amide bonds. The van der Waals surface area contributed by atoms with Gasteiger partial charge in [-0.25, -0.2) is 0 Å². The second kappa shape index (κ2) is 5.30. The molecule has 4 rings (SSSR count). The number of hydrogen-bond acceptors (Lipinski definition) is 2. The van der Waals surface area contributed by atoms with Crippen LogP contribution in [-0.4, -0.2) is 16.1 Å². The molecule has 110 valence electrons. The minimum absolute atomic E-state index is 0.0896. The fourth-order valence-electron chi connectivity index (χ4n) is 2.81. The van der Waals surface area contributed by atoms with E-state index in [1.165, 1.54) is 5.56 Å². The Bertz CT molecular complexity index is 819. The monoisotopic (exact) mass is 291 g/mol. The van der Waals surface area contributed by atoms with Crippen molar-refractivity contribution in [2.24, 2.45) is 5.92 Å². The molecule has 2 aromatic carbocycles. The van der Waals surface area contributed by atoms with E-state index in [9.17, 15) is 4.79 Å². The summed E-state index contributed by atoms with van der Waals surface area (Å²) in [7, 11) is 0. The largest absolute Gasteiger partial charge is 0.308 e. The van der Waals surface area contributed by atoms with Gasteiger partial charge in [0.25, 0.3) is 0 Å². The molecule has 0 atom stereocenters. The molecule has 1 saturated carbocycles. The van der Waals surface area contributed by atoms with E-state index >= 15 is 0 Å². The molecule has 1 aliphatic rings. The Labute approximate surface area is 128 Å². The van der Waals surface area contributed by atoms with Crippen LogP contribution in [0.4, 0.5) is 5.82 Å². The quantitative estimate of drug-likeness (QED) is 0.767. The lowest BCUT2D eigenvalue weighted by Crippen LogP contribution is -2.28. The van der Waals surface area contributed by atoms with E-state index in [2.05, 4.69) is 39.8 Å². The predicted octanol–water partition coefficient (Wildman–Crippen LogP) is 3.97. The zero-order valence-electron chi connectivity index (χ0n) is 12.2. The topological polar surface area (TPSA) is 57.8 Å². The molecule has 0 spiro atoms. The molecule has 0 radical (unpaired) electrons. The Morgan fingerprint density at radius 2 is 1.91 bits per heavy atom. The highest BCUT2D eigenvalue weighted by Gasteiger charge is 2.26. The highest BCUT2D eigenvalue weighted by atomic mass is 16.2. The van der Waals surface area contributed by atoms with Crippen LogP contribution in [-0.2, 0) is 4.79 Å². The maximum Gasteiger partial charge on any atom is 0.228 e. The number of hydrogen-bond donors (Lipinski definition) is 2. The van der Waals surface area contributed by atoms with Crippen molar-refractivity contribution in [1.82, 2.24) is 10.2 Å². The first-order chi connectivity index (χ1) is 10.8. The summed E-state index contributed by atoms with van der Waals surface area (Å²) in [5, 5.41) is 11.2. The first kappa shape index (κ1) is 13.1. The number of amides is 1. The van der Waals surface area contributed by atoms with E-state index in [1.807, 2.05) is 24.3 Å². The molecular formula is C18H17N3O. The number of H-pyrrole nitrogens is 1. The van der Waals surface area contributed by atoms with Crippen molar-refractivity contribution in [2.45, 2.75) is 19.3 Å². The van der Waals surface area contributed by atoms with Gasteiger partial charge < -0.3 is 5.32 Å². The van der Waals surface area contributed by atoms with Gasteiger partial charge in [0.2, 0.25) is 5.91 Å². The van der Waals surface area contributed by atoms with Crippen LogP contribution in [0.2, 0.25) is 0 Å². The standard InChI is InChI=1S/C18H17N3O/c22-18(13-7-4-8-13)19-17-15-10-9-14(11-16(15)20-21-17)12-5-2-1-3-6-12/h1-3,5-6,9-11,13H,4,7-8H2,(H2,19,20,21,22). The van der Waals surface area contributed by atoms with Gasteiger partial charge in [0.1, 0.15) is 0 Å². The number of aromatic amines is 1. The molecule has 2 N–H and O–H groups in total. The Kier molecular flexibility index (Phi) is 3.15. The highest BCUT2D eigenvalue weighted by molar-refractivity contribution is 6.01. The third-order valence-corrected chi connectivity index (χ3v) is 4.39. The van der Waals surface area contributed by atoms with Crippen LogP contribution in [0, 0.1) is 5.92 Å². The second-order valence-electron chi connectivity index (χ2n) is 5.82. The van der Waals surface area contributed by atoms with Gasteiger partial charge in [-0.15, -0.1) is 0 Å². The molecule has 1 aromatic heterocycles. The van der Waals surface area contributed by atoms with E-state index in [4.69, 9.17) is 0 Å². The summed E-state index contributed by atoms with van der Waals surface area (Å²) in [6.07, 6.45) is 3.14. The number of rotatable bonds is 3. The minimum Gasteiger partial charge on any atom is -0.308 e. The van der Waals surface area contributed by atoms with Gasteiger partial charge in [-0.2, -0.15) is 5.10 Å². The molecule has 4 nitrogen and oxygen atoms in total. The molecule has 0 bridgehead atoms. The Morgan fingerprint density at radius 1 is 1.09 bits per heavy atom. The van der Waals surface area contributed by atoms with E-state index in [-0.39, 0.29) is 11.8 Å². The molecule has 0 saturated heterocycles. The van der Waals surface area contributed by atoms with Crippen molar-refractivity contribution < 1.29 is 4.79 Å². The summed E-state index contributed by atoms with van der Waals surface area (Å²) in [4.78, 5) is 12.1. The smallest absolute Gasteiger partial charge is 0.228 e. The fourth-order valence-corrected chi connectivity index (χ4v) is 2.81. The van der Waals surface area contributed by atoms with Crippen molar-refractivity contribution in [2.75, 3.05) is 5.32 Å². The Hall–Kier alpha value is -2.62. The van der Waals surface area contributed by atoms with E-state index in [1.54, 1.807) is 0 Å². The van der Waals surface area contributed by atoms with Crippen molar-refractivity contribution in [3.8, 4) is 11.1 Å². The average Bonchev–Trinajstić information content (AvgIpc) is 2.89. The lowest BCUT2D eigenvalue weighted by molar-refractivity contribution is -0.122. The van der Waals surface area contributed by atoms with Gasteiger partial charge in [-0.3, -0.25) is 9.89 Å².